The maximum Gasteiger partial charge on any atom is 0.319 e. The van der Waals surface area contributed by atoms with Crippen LogP contribution in [0.25, 0.3) is 10.9 Å². The van der Waals surface area contributed by atoms with Crippen LogP contribution in [0.2, 0.25) is 0 Å². The molecular weight excluding hydrogens is 294 g/mol. The fourth-order valence-corrected chi connectivity index (χ4v) is 4.07. The van der Waals surface area contributed by atoms with E-state index in [1.807, 2.05) is 30.5 Å². The van der Waals surface area contributed by atoms with Crippen LogP contribution in [0.5, 0.6) is 0 Å². The molecule has 0 radical (unpaired) electrons. The fourth-order valence-electron chi connectivity index (χ4n) is 3.09. The van der Waals surface area contributed by atoms with Crippen molar-refractivity contribution in [3.63, 3.8) is 0 Å². The highest BCUT2D eigenvalue weighted by Crippen LogP contribution is 2.33. The Kier molecular flexibility index (Phi) is 3.35. The van der Waals surface area contributed by atoms with Gasteiger partial charge in [-0.3, -0.25) is 0 Å². The van der Waals surface area contributed by atoms with E-state index in [9.17, 15) is 4.79 Å². The Labute approximate surface area is 132 Å². The first-order valence-corrected chi connectivity index (χ1v) is 8.38. The number of carbonyl (C=O) groups is 1. The van der Waals surface area contributed by atoms with Gasteiger partial charge in [0.05, 0.1) is 6.04 Å². The number of nitrogens with one attached hydrogen (secondary N) is 3. The van der Waals surface area contributed by atoms with Gasteiger partial charge in [0, 0.05) is 22.3 Å². The molecule has 0 bridgehead atoms. The molecule has 4 nitrogen and oxygen atoms in total. The summed E-state index contributed by atoms with van der Waals surface area (Å²) in [4.78, 5) is 16.8. The number of aromatic amines is 1. The second-order valence-electron chi connectivity index (χ2n) is 5.62. The van der Waals surface area contributed by atoms with Gasteiger partial charge in [0.25, 0.3) is 0 Å². The highest BCUT2D eigenvalue weighted by molar-refractivity contribution is 7.10. The van der Waals surface area contributed by atoms with Crippen molar-refractivity contribution < 1.29 is 4.79 Å². The van der Waals surface area contributed by atoms with Gasteiger partial charge in [0.2, 0.25) is 0 Å². The van der Waals surface area contributed by atoms with E-state index in [4.69, 9.17) is 0 Å². The Morgan fingerprint density at radius 2 is 2.23 bits per heavy atom. The standard InChI is InChI=1S/C17H17N3OS/c21-17(19-12-5-4-11-6-8-18-15(11)10-12)20-14-2-1-3-16-13(14)7-9-22-16/h4-10,14,18H,1-3H2,(H2,19,20,21). The van der Waals surface area contributed by atoms with Crippen LogP contribution >= 0.6 is 11.3 Å². The second kappa shape index (κ2) is 5.50. The zero-order chi connectivity index (χ0) is 14.9. The lowest BCUT2D eigenvalue weighted by Crippen LogP contribution is -2.33. The maximum atomic E-state index is 12.3. The molecule has 0 spiro atoms. The number of thiophene rings is 1. The number of urea groups is 1. The van der Waals surface area contributed by atoms with Crippen LogP contribution in [-0.4, -0.2) is 11.0 Å². The van der Waals surface area contributed by atoms with E-state index in [1.54, 1.807) is 11.3 Å². The summed E-state index contributed by atoms with van der Waals surface area (Å²) < 4.78 is 0. The smallest absolute Gasteiger partial charge is 0.319 e. The van der Waals surface area contributed by atoms with E-state index in [0.29, 0.717) is 0 Å². The van der Waals surface area contributed by atoms with Crippen molar-refractivity contribution in [2.24, 2.45) is 0 Å². The molecule has 1 unspecified atom stereocenters. The Hall–Kier alpha value is -2.27. The Bertz CT molecular complexity index is 820. The van der Waals surface area contributed by atoms with E-state index in [0.717, 1.165) is 35.9 Å². The van der Waals surface area contributed by atoms with Crippen molar-refractivity contribution in [1.82, 2.24) is 10.3 Å². The minimum absolute atomic E-state index is 0.129. The van der Waals surface area contributed by atoms with E-state index in [1.165, 1.54) is 10.4 Å². The number of aryl methyl sites for hydroxylation is 1. The first-order chi connectivity index (χ1) is 10.8. The molecule has 1 aliphatic rings. The Morgan fingerprint density at radius 3 is 3.18 bits per heavy atom. The predicted molar refractivity (Wildman–Crippen MR) is 90.5 cm³/mol. The molecule has 1 aliphatic carbocycles. The van der Waals surface area contributed by atoms with Crippen molar-refractivity contribution in [1.29, 1.82) is 0 Å². The number of aromatic nitrogens is 1. The fraction of sp³-hybridized carbons (Fsp3) is 0.235. The van der Waals surface area contributed by atoms with Gasteiger partial charge in [-0.1, -0.05) is 6.07 Å². The van der Waals surface area contributed by atoms with E-state index in [-0.39, 0.29) is 12.1 Å². The summed E-state index contributed by atoms with van der Waals surface area (Å²) in [5.41, 5.74) is 3.11. The lowest BCUT2D eigenvalue weighted by Gasteiger charge is -2.23. The van der Waals surface area contributed by atoms with Gasteiger partial charge in [-0.25, -0.2) is 4.79 Å². The van der Waals surface area contributed by atoms with Gasteiger partial charge < -0.3 is 15.6 Å². The molecule has 0 fully saturated rings. The molecule has 4 rings (SSSR count). The third-order valence-electron chi connectivity index (χ3n) is 4.17. The minimum Gasteiger partial charge on any atom is -0.361 e. The highest BCUT2D eigenvalue weighted by atomic mass is 32.1. The van der Waals surface area contributed by atoms with Crippen LogP contribution in [0.15, 0.2) is 41.9 Å². The summed E-state index contributed by atoms with van der Waals surface area (Å²) in [5.74, 6) is 0. The molecule has 5 heteroatoms. The second-order valence-corrected chi connectivity index (χ2v) is 6.62. The topological polar surface area (TPSA) is 56.9 Å². The number of anilines is 1. The maximum absolute atomic E-state index is 12.3. The highest BCUT2D eigenvalue weighted by Gasteiger charge is 2.22. The zero-order valence-electron chi connectivity index (χ0n) is 12.1. The number of carbonyl (C=O) groups excluding carboxylic acids is 1. The van der Waals surface area contributed by atoms with Gasteiger partial charge in [0.15, 0.2) is 0 Å². The molecule has 1 aromatic carbocycles. The first kappa shape index (κ1) is 13.4. The molecule has 3 aromatic rings. The molecule has 1 atom stereocenters. The molecule has 22 heavy (non-hydrogen) atoms. The normalized spacial score (nSPS) is 17.2. The Balaban J connectivity index is 1.47. The van der Waals surface area contributed by atoms with E-state index < -0.39 is 0 Å². The van der Waals surface area contributed by atoms with Crippen LogP contribution in [0.4, 0.5) is 10.5 Å². The monoisotopic (exact) mass is 311 g/mol. The molecular formula is C17H17N3OS. The Morgan fingerprint density at radius 1 is 1.27 bits per heavy atom. The number of rotatable bonds is 2. The van der Waals surface area contributed by atoms with Gasteiger partial charge in [-0.15, -0.1) is 11.3 Å². The molecule has 0 saturated carbocycles. The van der Waals surface area contributed by atoms with Crippen molar-refractivity contribution >= 4 is 34.0 Å². The molecule has 2 aromatic heterocycles. The van der Waals surface area contributed by atoms with Crippen molar-refractivity contribution in [3.05, 3.63) is 52.3 Å². The number of benzene rings is 1. The van der Waals surface area contributed by atoms with Gasteiger partial charge in [-0.05, 0) is 59.9 Å². The first-order valence-electron chi connectivity index (χ1n) is 7.50. The number of hydrogen-bond donors (Lipinski definition) is 3. The molecule has 2 heterocycles. The van der Waals surface area contributed by atoms with Crippen LogP contribution in [0.3, 0.4) is 0 Å². The zero-order valence-corrected chi connectivity index (χ0v) is 12.9. The van der Waals surface area contributed by atoms with Gasteiger partial charge in [-0.2, -0.15) is 0 Å². The number of H-pyrrole nitrogens is 1. The van der Waals surface area contributed by atoms with Crippen molar-refractivity contribution in [2.75, 3.05) is 5.32 Å². The van der Waals surface area contributed by atoms with Crippen molar-refractivity contribution in [3.8, 4) is 0 Å². The average Bonchev–Trinajstić information content (AvgIpc) is 3.15. The van der Waals surface area contributed by atoms with Gasteiger partial charge in [0.1, 0.15) is 0 Å². The van der Waals surface area contributed by atoms with Crippen LogP contribution < -0.4 is 10.6 Å². The van der Waals surface area contributed by atoms with E-state index in [2.05, 4.69) is 27.1 Å². The number of amides is 2. The third kappa shape index (κ3) is 2.48. The largest absolute Gasteiger partial charge is 0.361 e. The predicted octanol–water partition coefficient (Wildman–Crippen LogP) is 4.43. The molecule has 2 amide bonds. The minimum atomic E-state index is -0.144. The third-order valence-corrected chi connectivity index (χ3v) is 5.17. The molecule has 3 N–H and O–H groups in total. The number of hydrogen-bond acceptors (Lipinski definition) is 2. The summed E-state index contributed by atoms with van der Waals surface area (Å²) in [6.07, 6.45) is 5.17. The van der Waals surface area contributed by atoms with Crippen LogP contribution in [-0.2, 0) is 6.42 Å². The summed E-state index contributed by atoms with van der Waals surface area (Å²) in [7, 11) is 0. The quantitative estimate of drug-likeness (QED) is 0.644. The van der Waals surface area contributed by atoms with Crippen molar-refractivity contribution in [2.45, 2.75) is 25.3 Å². The summed E-state index contributed by atoms with van der Waals surface area (Å²) in [5, 5.41) is 9.28. The summed E-state index contributed by atoms with van der Waals surface area (Å²) in [6, 6.07) is 10.0. The van der Waals surface area contributed by atoms with Gasteiger partial charge >= 0.3 is 6.03 Å². The van der Waals surface area contributed by atoms with Crippen LogP contribution in [0.1, 0.15) is 29.3 Å². The number of fused-ring (bicyclic) bond motifs is 2. The summed E-state index contributed by atoms with van der Waals surface area (Å²) >= 11 is 1.79. The van der Waals surface area contributed by atoms with E-state index >= 15 is 0 Å². The summed E-state index contributed by atoms with van der Waals surface area (Å²) in [6.45, 7) is 0. The lowest BCUT2D eigenvalue weighted by atomic mass is 9.94. The SMILES string of the molecule is O=C(Nc1ccc2cc[nH]c2c1)NC1CCCc2sccc21. The molecule has 112 valence electrons. The lowest BCUT2D eigenvalue weighted by molar-refractivity contribution is 0.247. The molecule has 0 saturated heterocycles. The average molecular weight is 311 g/mol. The van der Waals surface area contributed by atoms with Crippen LogP contribution in [0, 0.1) is 0 Å². The molecule has 0 aliphatic heterocycles.